The molecule has 3 rings (SSSR count). The molecule has 2 fully saturated rings. The fraction of sp³-hybridized carbons (Fsp3) is 0.611. The summed E-state index contributed by atoms with van der Waals surface area (Å²) in [5.74, 6) is 0.961. The second-order valence-corrected chi connectivity index (χ2v) is 6.71. The maximum Gasteiger partial charge on any atom is 0.189 e. The lowest BCUT2D eigenvalue weighted by molar-refractivity contribution is 0.320. The largest absolute Gasteiger partial charge is 0.494 e. The Balaban J connectivity index is 1.49. The van der Waals surface area contributed by atoms with Crippen molar-refractivity contribution < 1.29 is 9.13 Å². The number of benzene rings is 1. The van der Waals surface area contributed by atoms with Gasteiger partial charge >= 0.3 is 0 Å². The molecule has 0 bridgehead atoms. The number of aliphatic imine (C=N–C) groups is 1. The van der Waals surface area contributed by atoms with Crippen LogP contribution in [-0.2, 0) is 0 Å². The molecule has 0 spiro atoms. The van der Waals surface area contributed by atoms with Crippen LogP contribution in [-0.4, -0.2) is 25.2 Å². The van der Waals surface area contributed by atoms with Crippen molar-refractivity contribution in [2.75, 3.05) is 7.11 Å². The fourth-order valence-electron chi connectivity index (χ4n) is 3.60. The molecule has 0 amide bonds. The van der Waals surface area contributed by atoms with Crippen molar-refractivity contribution in [2.24, 2.45) is 10.7 Å². The van der Waals surface area contributed by atoms with Gasteiger partial charge in [-0.15, -0.1) is 0 Å². The Labute approximate surface area is 137 Å². The molecule has 0 unspecified atom stereocenters. The zero-order chi connectivity index (χ0) is 16.2. The third-order valence-corrected chi connectivity index (χ3v) is 5.03. The lowest BCUT2D eigenvalue weighted by atomic mass is 9.76. The molecule has 0 atom stereocenters. The third kappa shape index (κ3) is 3.95. The van der Waals surface area contributed by atoms with E-state index in [1.165, 1.54) is 26.4 Å². The molecule has 2 aliphatic carbocycles. The average molecular weight is 319 g/mol. The zero-order valence-corrected chi connectivity index (χ0v) is 13.7. The molecule has 23 heavy (non-hydrogen) atoms. The Kier molecular flexibility index (Phi) is 5.03. The Morgan fingerprint density at radius 3 is 2.65 bits per heavy atom. The minimum Gasteiger partial charge on any atom is -0.494 e. The standard InChI is InChI=1S/C18H26FN3O/c1-23-17-8-7-12(11-16(17)19)13-9-15(10-13)22-18(20)21-14-5-3-2-4-6-14/h7-8,11,13-15H,2-6,9-10H2,1H3,(H3,20,21,22). The van der Waals surface area contributed by atoms with Crippen molar-refractivity contribution in [1.82, 2.24) is 5.32 Å². The van der Waals surface area contributed by atoms with Crippen molar-refractivity contribution in [3.05, 3.63) is 29.6 Å². The fourth-order valence-corrected chi connectivity index (χ4v) is 3.60. The first-order valence-electron chi connectivity index (χ1n) is 8.59. The van der Waals surface area contributed by atoms with E-state index in [-0.39, 0.29) is 5.82 Å². The van der Waals surface area contributed by atoms with Crippen LogP contribution in [0.2, 0.25) is 0 Å². The van der Waals surface area contributed by atoms with Gasteiger partial charge in [-0.3, -0.25) is 4.99 Å². The number of hydrogen-bond donors (Lipinski definition) is 2. The molecule has 2 saturated carbocycles. The maximum atomic E-state index is 13.8. The number of guanidine groups is 1. The monoisotopic (exact) mass is 319 g/mol. The van der Waals surface area contributed by atoms with E-state index in [4.69, 9.17) is 10.5 Å². The Hall–Kier alpha value is -1.78. The first-order chi connectivity index (χ1) is 11.2. The van der Waals surface area contributed by atoms with E-state index in [1.54, 1.807) is 12.1 Å². The summed E-state index contributed by atoms with van der Waals surface area (Å²) in [5, 5.41) is 3.31. The number of methoxy groups -OCH3 is 1. The van der Waals surface area contributed by atoms with Gasteiger partial charge in [-0.2, -0.15) is 0 Å². The second kappa shape index (κ2) is 7.20. The topological polar surface area (TPSA) is 59.6 Å². The van der Waals surface area contributed by atoms with Crippen LogP contribution in [0.4, 0.5) is 4.39 Å². The average Bonchev–Trinajstić information content (AvgIpc) is 2.51. The Morgan fingerprint density at radius 2 is 2.00 bits per heavy atom. The molecule has 0 saturated heterocycles. The van der Waals surface area contributed by atoms with Crippen molar-refractivity contribution in [3.8, 4) is 5.75 Å². The van der Waals surface area contributed by atoms with E-state index in [0.717, 1.165) is 31.2 Å². The van der Waals surface area contributed by atoms with Gasteiger partial charge in [0.05, 0.1) is 13.2 Å². The quantitative estimate of drug-likeness (QED) is 0.661. The smallest absolute Gasteiger partial charge is 0.189 e. The second-order valence-electron chi connectivity index (χ2n) is 6.71. The van der Waals surface area contributed by atoms with Crippen molar-refractivity contribution in [3.63, 3.8) is 0 Å². The van der Waals surface area contributed by atoms with E-state index in [0.29, 0.717) is 29.7 Å². The van der Waals surface area contributed by atoms with E-state index in [2.05, 4.69) is 10.3 Å². The number of nitrogens with two attached hydrogens (primary N) is 1. The van der Waals surface area contributed by atoms with Gasteiger partial charge in [0.25, 0.3) is 0 Å². The van der Waals surface area contributed by atoms with Crippen LogP contribution in [0.1, 0.15) is 56.4 Å². The highest BCUT2D eigenvalue weighted by molar-refractivity contribution is 5.78. The predicted molar refractivity (Wildman–Crippen MR) is 90.3 cm³/mol. The van der Waals surface area contributed by atoms with Gasteiger partial charge in [-0.25, -0.2) is 4.39 Å². The first kappa shape index (κ1) is 16.1. The first-order valence-corrected chi connectivity index (χ1v) is 8.59. The van der Waals surface area contributed by atoms with Gasteiger partial charge in [0.2, 0.25) is 0 Å². The summed E-state index contributed by atoms with van der Waals surface area (Å²) in [4.78, 5) is 4.60. The molecule has 1 aromatic rings. The van der Waals surface area contributed by atoms with Crippen molar-refractivity contribution in [1.29, 1.82) is 0 Å². The number of nitrogens with one attached hydrogen (secondary N) is 1. The molecule has 4 nitrogen and oxygen atoms in total. The number of ether oxygens (including phenoxy) is 1. The molecule has 1 aromatic carbocycles. The van der Waals surface area contributed by atoms with E-state index in [9.17, 15) is 4.39 Å². The predicted octanol–water partition coefficient (Wildman–Crippen LogP) is 3.32. The molecular weight excluding hydrogens is 293 g/mol. The normalized spacial score (nSPS) is 25.7. The zero-order valence-electron chi connectivity index (χ0n) is 13.7. The number of hydrogen-bond acceptors (Lipinski definition) is 2. The van der Waals surface area contributed by atoms with Crippen LogP contribution in [0.5, 0.6) is 5.75 Å². The minimum absolute atomic E-state index is 0.292. The molecule has 5 heteroatoms. The summed E-state index contributed by atoms with van der Waals surface area (Å²) < 4.78 is 18.7. The number of rotatable bonds is 4. The highest BCUT2D eigenvalue weighted by atomic mass is 19.1. The van der Waals surface area contributed by atoms with Crippen LogP contribution < -0.4 is 15.8 Å². The SMILES string of the molecule is COc1ccc(C2CC(NC(N)=NC3CCCCC3)C2)cc1F. The molecular formula is C18H26FN3O. The van der Waals surface area contributed by atoms with E-state index < -0.39 is 0 Å². The molecule has 0 aromatic heterocycles. The van der Waals surface area contributed by atoms with Crippen molar-refractivity contribution in [2.45, 2.75) is 62.9 Å². The van der Waals surface area contributed by atoms with Crippen molar-refractivity contribution >= 4 is 5.96 Å². The van der Waals surface area contributed by atoms with Crippen LogP contribution in [0.25, 0.3) is 0 Å². The number of nitrogens with zero attached hydrogens (tertiary/aromatic N) is 1. The maximum absolute atomic E-state index is 13.8. The number of halogens is 1. The third-order valence-electron chi connectivity index (χ3n) is 5.03. The summed E-state index contributed by atoms with van der Waals surface area (Å²) >= 11 is 0. The molecule has 3 N–H and O–H groups in total. The summed E-state index contributed by atoms with van der Waals surface area (Å²) in [6.07, 6.45) is 8.08. The lowest BCUT2D eigenvalue weighted by Gasteiger charge is -2.36. The van der Waals surface area contributed by atoms with E-state index >= 15 is 0 Å². The molecule has 0 aliphatic heterocycles. The molecule has 2 aliphatic rings. The minimum atomic E-state index is -0.292. The van der Waals surface area contributed by atoms with Gasteiger partial charge in [-0.1, -0.05) is 25.3 Å². The van der Waals surface area contributed by atoms with Crippen LogP contribution >= 0.6 is 0 Å². The van der Waals surface area contributed by atoms with Gasteiger partial charge in [0, 0.05) is 6.04 Å². The Bertz CT molecular complexity index is 563. The van der Waals surface area contributed by atoms with Gasteiger partial charge < -0.3 is 15.8 Å². The summed E-state index contributed by atoms with van der Waals surface area (Å²) in [7, 11) is 1.48. The van der Waals surface area contributed by atoms with Crippen LogP contribution in [0.3, 0.4) is 0 Å². The molecule has 0 heterocycles. The molecule has 0 radical (unpaired) electrons. The lowest BCUT2D eigenvalue weighted by Crippen LogP contribution is -2.47. The summed E-state index contributed by atoms with van der Waals surface area (Å²) in [6.45, 7) is 0. The summed E-state index contributed by atoms with van der Waals surface area (Å²) in [6, 6.07) is 5.96. The van der Waals surface area contributed by atoms with Gasteiger partial charge in [0.1, 0.15) is 0 Å². The van der Waals surface area contributed by atoms with Gasteiger partial charge in [-0.05, 0) is 49.3 Å². The highest BCUT2D eigenvalue weighted by Crippen LogP contribution is 2.38. The highest BCUT2D eigenvalue weighted by Gasteiger charge is 2.31. The van der Waals surface area contributed by atoms with Gasteiger partial charge in [0.15, 0.2) is 17.5 Å². The summed E-state index contributed by atoms with van der Waals surface area (Å²) in [5.41, 5.74) is 7.06. The molecule has 126 valence electrons. The van der Waals surface area contributed by atoms with E-state index in [1.807, 2.05) is 6.07 Å². The Morgan fingerprint density at radius 1 is 1.26 bits per heavy atom. The van der Waals surface area contributed by atoms with Crippen LogP contribution in [0.15, 0.2) is 23.2 Å². The van der Waals surface area contributed by atoms with Crippen LogP contribution in [0, 0.1) is 5.82 Å².